The number of carbonyl (C=O) groups excluding carboxylic acids is 2. The van der Waals surface area contributed by atoms with Crippen LogP contribution in [0.1, 0.15) is 51.5 Å². The van der Waals surface area contributed by atoms with Gasteiger partial charge in [-0.2, -0.15) is 0 Å². The van der Waals surface area contributed by atoms with Crippen LogP contribution < -0.4 is 4.90 Å². The van der Waals surface area contributed by atoms with Gasteiger partial charge in [0.1, 0.15) is 11.6 Å². The minimum atomic E-state index is -0.581. The predicted molar refractivity (Wildman–Crippen MR) is 88.2 cm³/mol. The molecule has 0 aromatic heterocycles. The molecule has 1 amide bonds. The first-order valence-corrected chi connectivity index (χ1v) is 8.41. The molecule has 118 valence electrons. The highest BCUT2D eigenvalue weighted by Crippen LogP contribution is 2.47. The van der Waals surface area contributed by atoms with E-state index in [2.05, 4.69) is 15.9 Å². The third-order valence-electron chi connectivity index (χ3n) is 4.17. The molecule has 1 aliphatic carbocycles. The molecule has 0 bridgehead atoms. The van der Waals surface area contributed by atoms with Crippen LogP contribution in [0, 0.1) is 0 Å². The number of halogens is 1. The quantitative estimate of drug-likeness (QED) is 0.683. The van der Waals surface area contributed by atoms with Gasteiger partial charge in [-0.05, 0) is 57.4 Å². The maximum atomic E-state index is 12.6. The standard InChI is InChI=1S/C17H20BrNO3/c1-17(2,3)22-16(21)19-13-8-7-10(18)9-12(13)11-5-4-6-14(20)15(11)19/h7-9,11,15H,4-6H2,1-3H3. The first kappa shape index (κ1) is 15.5. The number of benzene rings is 1. The second-order valence-corrected chi connectivity index (χ2v) is 7.88. The van der Waals surface area contributed by atoms with E-state index in [0.717, 1.165) is 28.6 Å². The van der Waals surface area contributed by atoms with Gasteiger partial charge >= 0.3 is 6.09 Å². The highest BCUT2D eigenvalue weighted by atomic mass is 79.9. The van der Waals surface area contributed by atoms with E-state index in [1.54, 1.807) is 4.90 Å². The maximum Gasteiger partial charge on any atom is 0.415 e. The average Bonchev–Trinajstić information content (AvgIpc) is 2.72. The Balaban J connectivity index is 2.04. The summed E-state index contributed by atoms with van der Waals surface area (Å²) in [6, 6.07) is 5.41. The summed E-state index contributed by atoms with van der Waals surface area (Å²) in [5, 5.41) is 0. The van der Waals surface area contributed by atoms with E-state index in [1.807, 2.05) is 39.0 Å². The van der Waals surface area contributed by atoms with E-state index < -0.39 is 17.7 Å². The minimum absolute atomic E-state index is 0.0845. The van der Waals surface area contributed by atoms with Gasteiger partial charge < -0.3 is 4.74 Å². The lowest BCUT2D eigenvalue weighted by Crippen LogP contribution is -2.48. The fraction of sp³-hybridized carbons (Fsp3) is 0.529. The normalized spacial score (nSPS) is 24.0. The van der Waals surface area contributed by atoms with E-state index in [9.17, 15) is 9.59 Å². The molecule has 1 heterocycles. The Morgan fingerprint density at radius 2 is 2.09 bits per heavy atom. The summed E-state index contributed by atoms with van der Waals surface area (Å²) in [6.07, 6.45) is 1.92. The van der Waals surface area contributed by atoms with Gasteiger partial charge in [-0.25, -0.2) is 4.79 Å². The summed E-state index contributed by atoms with van der Waals surface area (Å²) >= 11 is 3.48. The topological polar surface area (TPSA) is 46.6 Å². The highest BCUT2D eigenvalue weighted by molar-refractivity contribution is 9.10. The van der Waals surface area contributed by atoms with Gasteiger partial charge in [0.05, 0.1) is 5.69 Å². The Kier molecular flexibility index (Phi) is 3.79. The molecule has 2 atom stereocenters. The molecule has 1 aliphatic heterocycles. The van der Waals surface area contributed by atoms with Crippen LogP contribution in [0.2, 0.25) is 0 Å². The molecule has 3 rings (SSSR count). The largest absolute Gasteiger partial charge is 0.443 e. The van der Waals surface area contributed by atoms with Crippen LogP contribution in [0.5, 0.6) is 0 Å². The van der Waals surface area contributed by atoms with Crippen LogP contribution >= 0.6 is 15.9 Å². The van der Waals surface area contributed by atoms with Crippen LogP contribution in [0.3, 0.4) is 0 Å². The first-order valence-electron chi connectivity index (χ1n) is 7.62. The van der Waals surface area contributed by atoms with E-state index in [0.29, 0.717) is 6.42 Å². The number of fused-ring (bicyclic) bond motifs is 3. The zero-order valence-corrected chi connectivity index (χ0v) is 14.6. The third kappa shape index (κ3) is 2.67. The number of anilines is 1. The molecule has 0 saturated heterocycles. The summed E-state index contributed by atoms with van der Waals surface area (Å²) in [6.45, 7) is 5.51. The number of ketones is 1. The second-order valence-electron chi connectivity index (χ2n) is 6.96. The molecule has 2 unspecified atom stereocenters. The average molecular weight is 366 g/mol. The van der Waals surface area contributed by atoms with E-state index in [-0.39, 0.29) is 11.7 Å². The van der Waals surface area contributed by atoms with Crippen LogP contribution in [-0.2, 0) is 9.53 Å². The summed E-state index contributed by atoms with van der Waals surface area (Å²) in [5.74, 6) is 0.218. The number of Topliss-reactive ketones (excluding diaryl/α,β-unsaturated/α-hetero) is 1. The smallest absolute Gasteiger partial charge is 0.415 e. The van der Waals surface area contributed by atoms with Gasteiger partial charge in [0.25, 0.3) is 0 Å². The Morgan fingerprint density at radius 3 is 2.77 bits per heavy atom. The summed E-state index contributed by atoms with van der Waals surface area (Å²) in [5.41, 5.74) is 1.29. The highest BCUT2D eigenvalue weighted by Gasteiger charge is 2.48. The van der Waals surface area contributed by atoms with E-state index in [4.69, 9.17) is 4.74 Å². The molecule has 0 spiro atoms. The minimum Gasteiger partial charge on any atom is -0.443 e. The number of hydrogen-bond donors (Lipinski definition) is 0. The van der Waals surface area contributed by atoms with Crippen molar-refractivity contribution in [2.45, 2.75) is 57.6 Å². The van der Waals surface area contributed by atoms with Gasteiger partial charge in [-0.1, -0.05) is 15.9 Å². The number of ether oxygens (including phenoxy) is 1. The molecule has 4 nitrogen and oxygen atoms in total. The van der Waals surface area contributed by atoms with Gasteiger partial charge in [-0.15, -0.1) is 0 Å². The molecule has 5 heteroatoms. The third-order valence-corrected chi connectivity index (χ3v) is 4.66. The van der Waals surface area contributed by atoms with Crippen molar-refractivity contribution in [1.29, 1.82) is 0 Å². The van der Waals surface area contributed by atoms with Gasteiger partial charge in [-0.3, -0.25) is 9.69 Å². The molecule has 1 aromatic rings. The fourth-order valence-electron chi connectivity index (χ4n) is 3.39. The predicted octanol–water partition coefficient (Wildman–Crippen LogP) is 4.41. The summed E-state index contributed by atoms with van der Waals surface area (Å²) in [7, 11) is 0. The Bertz CT molecular complexity index is 635. The molecular weight excluding hydrogens is 346 g/mol. The lowest BCUT2D eigenvalue weighted by molar-refractivity contribution is -0.122. The molecule has 1 aromatic carbocycles. The number of carbonyl (C=O) groups is 2. The molecule has 0 radical (unpaired) electrons. The van der Waals surface area contributed by atoms with E-state index >= 15 is 0 Å². The first-order chi connectivity index (χ1) is 10.3. The van der Waals surface area contributed by atoms with Gasteiger partial charge in [0.2, 0.25) is 0 Å². The van der Waals surface area contributed by atoms with Gasteiger partial charge in [0, 0.05) is 16.8 Å². The molecule has 2 aliphatic rings. The number of amides is 1. The molecule has 22 heavy (non-hydrogen) atoms. The lowest BCUT2D eigenvalue weighted by Gasteiger charge is -2.32. The molecular formula is C17H20BrNO3. The van der Waals surface area contributed by atoms with Crippen molar-refractivity contribution in [3.63, 3.8) is 0 Å². The number of hydrogen-bond acceptors (Lipinski definition) is 3. The Morgan fingerprint density at radius 1 is 1.36 bits per heavy atom. The van der Waals surface area contributed by atoms with E-state index in [1.165, 1.54) is 0 Å². The van der Waals surface area contributed by atoms with Crippen LogP contribution in [0.4, 0.5) is 10.5 Å². The van der Waals surface area contributed by atoms with Crippen molar-refractivity contribution in [2.24, 2.45) is 0 Å². The zero-order chi connectivity index (χ0) is 16.1. The Hall–Kier alpha value is -1.36. The van der Waals surface area contributed by atoms with Crippen molar-refractivity contribution in [1.82, 2.24) is 0 Å². The maximum absolute atomic E-state index is 12.6. The molecule has 1 fully saturated rings. The van der Waals surface area contributed by atoms with Crippen LogP contribution in [0.15, 0.2) is 22.7 Å². The fourth-order valence-corrected chi connectivity index (χ4v) is 3.77. The second kappa shape index (κ2) is 5.37. The summed E-state index contributed by atoms with van der Waals surface area (Å²) in [4.78, 5) is 26.7. The van der Waals surface area contributed by atoms with Crippen molar-refractivity contribution < 1.29 is 14.3 Å². The van der Waals surface area contributed by atoms with Crippen molar-refractivity contribution >= 4 is 33.5 Å². The van der Waals surface area contributed by atoms with Crippen molar-refractivity contribution in [3.05, 3.63) is 28.2 Å². The number of rotatable bonds is 0. The Labute approximate surface area is 138 Å². The zero-order valence-electron chi connectivity index (χ0n) is 13.1. The monoisotopic (exact) mass is 365 g/mol. The SMILES string of the molecule is CC(C)(C)OC(=O)N1c2ccc(Br)cc2C2CCCC(=O)C21. The van der Waals surface area contributed by atoms with Gasteiger partial charge in [0.15, 0.2) is 5.78 Å². The van der Waals surface area contributed by atoms with Crippen molar-refractivity contribution in [2.75, 3.05) is 4.90 Å². The molecule has 1 saturated carbocycles. The molecule has 0 N–H and O–H groups in total. The summed E-state index contributed by atoms with van der Waals surface area (Å²) < 4.78 is 6.50. The lowest BCUT2D eigenvalue weighted by atomic mass is 9.82. The van der Waals surface area contributed by atoms with Crippen LogP contribution in [0.25, 0.3) is 0 Å². The van der Waals surface area contributed by atoms with Crippen LogP contribution in [-0.4, -0.2) is 23.5 Å². The number of nitrogens with zero attached hydrogens (tertiary/aromatic N) is 1. The van der Waals surface area contributed by atoms with Crippen molar-refractivity contribution in [3.8, 4) is 0 Å².